The molecule has 0 saturated carbocycles. The molecule has 166 valence electrons. The largest absolute Gasteiger partial charge is 0.309 e. The first kappa shape index (κ1) is 23.7. The molecular weight excluding hydrogens is 454 g/mol. The van der Waals surface area contributed by atoms with Crippen molar-refractivity contribution in [1.29, 1.82) is 0 Å². The average molecular weight is 480 g/mol. The number of aromatic nitrogens is 1. The number of halogens is 1. The Kier molecular flexibility index (Phi) is 7.69. The lowest BCUT2D eigenvalue weighted by Crippen LogP contribution is -2.34. The molecule has 0 aliphatic rings. The maximum absolute atomic E-state index is 13.1. The molecule has 0 aliphatic carbocycles. The van der Waals surface area contributed by atoms with Crippen LogP contribution in [0.1, 0.15) is 18.4 Å². The second kappa shape index (κ2) is 10.1. The number of aryl methyl sites for hydroxylation is 1. The number of rotatable bonds is 9. The lowest BCUT2D eigenvalue weighted by atomic mass is 10.2. The third kappa shape index (κ3) is 6.04. The molecule has 0 bridgehead atoms. The molecule has 0 saturated heterocycles. The van der Waals surface area contributed by atoms with Gasteiger partial charge in [-0.2, -0.15) is 0 Å². The maximum atomic E-state index is 13.1. The van der Waals surface area contributed by atoms with Crippen LogP contribution in [0.5, 0.6) is 0 Å². The Morgan fingerprint density at radius 1 is 1.13 bits per heavy atom. The monoisotopic (exact) mass is 479 g/mol. The van der Waals surface area contributed by atoms with Crippen LogP contribution in [0.15, 0.2) is 47.4 Å². The third-order valence-electron chi connectivity index (χ3n) is 4.84. The second-order valence-electron chi connectivity index (χ2n) is 7.65. The Hall–Kier alpha value is -2.00. The van der Waals surface area contributed by atoms with Crippen LogP contribution in [0.3, 0.4) is 0 Å². The Morgan fingerprint density at radius 3 is 2.52 bits per heavy atom. The van der Waals surface area contributed by atoms with Crippen molar-refractivity contribution >= 4 is 54.0 Å². The number of sulfone groups is 1. The van der Waals surface area contributed by atoms with E-state index < -0.39 is 9.84 Å². The van der Waals surface area contributed by atoms with Crippen LogP contribution in [0.2, 0.25) is 5.02 Å². The van der Waals surface area contributed by atoms with Crippen molar-refractivity contribution < 1.29 is 13.2 Å². The molecule has 6 nitrogen and oxygen atoms in total. The quantitative estimate of drug-likeness (QED) is 0.454. The van der Waals surface area contributed by atoms with E-state index in [0.717, 1.165) is 28.7 Å². The highest BCUT2D eigenvalue weighted by Crippen LogP contribution is 2.33. The van der Waals surface area contributed by atoms with Gasteiger partial charge in [0.25, 0.3) is 0 Å². The highest BCUT2D eigenvalue weighted by Gasteiger charge is 2.23. The molecule has 2 aromatic carbocycles. The molecule has 31 heavy (non-hydrogen) atoms. The van der Waals surface area contributed by atoms with Crippen molar-refractivity contribution in [2.45, 2.75) is 24.7 Å². The first-order chi connectivity index (χ1) is 14.7. The van der Waals surface area contributed by atoms with E-state index in [0.29, 0.717) is 16.7 Å². The maximum Gasteiger partial charge on any atom is 0.229 e. The van der Waals surface area contributed by atoms with Crippen LogP contribution in [0, 0.1) is 6.92 Å². The molecule has 1 heterocycles. The number of amides is 1. The van der Waals surface area contributed by atoms with Gasteiger partial charge in [0.15, 0.2) is 15.0 Å². The molecule has 1 amide bonds. The van der Waals surface area contributed by atoms with Gasteiger partial charge in [-0.25, -0.2) is 13.4 Å². The molecule has 3 rings (SSSR count). The van der Waals surface area contributed by atoms with Crippen molar-refractivity contribution in [3.63, 3.8) is 0 Å². The average Bonchev–Trinajstić information content (AvgIpc) is 3.14. The number of hydrogen-bond donors (Lipinski definition) is 0. The molecule has 0 aliphatic heterocycles. The highest BCUT2D eigenvalue weighted by molar-refractivity contribution is 7.91. The molecule has 3 aromatic rings. The van der Waals surface area contributed by atoms with Gasteiger partial charge in [0.1, 0.15) is 0 Å². The number of thiazole rings is 1. The van der Waals surface area contributed by atoms with Crippen molar-refractivity contribution in [2.75, 3.05) is 37.8 Å². The highest BCUT2D eigenvalue weighted by atomic mass is 35.5. The summed E-state index contributed by atoms with van der Waals surface area (Å²) in [7, 11) is 0.416. The summed E-state index contributed by atoms with van der Waals surface area (Å²) in [6.45, 7) is 3.21. The molecule has 0 atom stereocenters. The van der Waals surface area contributed by atoms with Gasteiger partial charge in [-0.05, 0) is 63.8 Å². The lowest BCUT2D eigenvalue weighted by Gasteiger charge is -2.21. The van der Waals surface area contributed by atoms with E-state index in [1.165, 1.54) is 11.3 Å². The van der Waals surface area contributed by atoms with Crippen LogP contribution in [0.4, 0.5) is 5.13 Å². The molecule has 0 N–H and O–H groups in total. The zero-order chi connectivity index (χ0) is 22.6. The topological polar surface area (TPSA) is 70.6 Å². The predicted octanol–water partition coefficient (Wildman–Crippen LogP) is 4.41. The second-order valence-corrected chi connectivity index (χ2v) is 11.2. The Labute approximate surface area is 192 Å². The fourth-order valence-electron chi connectivity index (χ4n) is 3.23. The van der Waals surface area contributed by atoms with Crippen LogP contribution in [-0.2, 0) is 14.6 Å². The Bertz CT molecular complexity index is 1160. The van der Waals surface area contributed by atoms with Crippen LogP contribution >= 0.6 is 22.9 Å². The van der Waals surface area contributed by atoms with E-state index in [9.17, 15) is 13.2 Å². The summed E-state index contributed by atoms with van der Waals surface area (Å²) in [4.78, 5) is 21.7. The summed E-state index contributed by atoms with van der Waals surface area (Å²) in [6.07, 6.45) is 0.648. The van der Waals surface area contributed by atoms with Gasteiger partial charge in [-0.15, -0.1) is 0 Å². The summed E-state index contributed by atoms with van der Waals surface area (Å²) in [5, 5.41) is 1.20. The predicted molar refractivity (Wildman–Crippen MR) is 128 cm³/mol. The lowest BCUT2D eigenvalue weighted by molar-refractivity contribution is -0.118. The van der Waals surface area contributed by atoms with E-state index in [1.807, 2.05) is 38.1 Å². The first-order valence-corrected chi connectivity index (χ1v) is 12.8. The van der Waals surface area contributed by atoms with Gasteiger partial charge in [-0.3, -0.25) is 9.69 Å². The minimum Gasteiger partial charge on any atom is -0.309 e. The number of benzene rings is 2. The van der Waals surface area contributed by atoms with E-state index in [2.05, 4.69) is 4.98 Å². The Morgan fingerprint density at radius 2 is 1.84 bits per heavy atom. The molecule has 0 unspecified atom stereocenters. The first-order valence-electron chi connectivity index (χ1n) is 9.97. The van der Waals surface area contributed by atoms with Crippen molar-refractivity contribution in [3.05, 3.63) is 53.1 Å². The van der Waals surface area contributed by atoms with E-state index >= 15 is 0 Å². The van der Waals surface area contributed by atoms with Gasteiger partial charge in [0.05, 0.1) is 20.9 Å². The van der Waals surface area contributed by atoms with Gasteiger partial charge in [0, 0.05) is 18.0 Å². The van der Waals surface area contributed by atoms with E-state index in [1.54, 1.807) is 35.2 Å². The van der Waals surface area contributed by atoms with Crippen LogP contribution in [0.25, 0.3) is 10.2 Å². The molecule has 1 aromatic heterocycles. The molecular formula is C22H26ClN3O3S2. The van der Waals surface area contributed by atoms with Gasteiger partial charge < -0.3 is 4.90 Å². The van der Waals surface area contributed by atoms with Gasteiger partial charge in [0.2, 0.25) is 5.91 Å². The van der Waals surface area contributed by atoms with Crippen molar-refractivity contribution in [2.24, 2.45) is 0 Å². The zero-order valence-electron chi connectivity index (χ0n) is 17.8. The van der Waals surface area contributed by atoms with E-state index in [4.69, 9.17) is 11.6 Å². The summed E-state index contributed by atoms with van der Waals surface area (Å²) in [5.74, 6) is -0.489. The number of carbonyl (C=O) groups is 1. The molecule has 0 radical (unpaired) electrons. The summed E-state index contributed by atoms with van der Waals surface area (Å²) >= 11 is 7.58. The van der Waals surface area contributed by atoms with Gasteiger partial charge >= 0.3 is 0 Å². The van der Waals surface area contributed by atoms with E-state index in [-0.39, 0.29) is 23.0 Å². The molecule has 0 fully saturated rings. The number of nitrogens with zero attached hydrogens (tertiary/aromatic N) is 3. The smallest absolute Gasteiger partial charge is 0.229 e. The van der Waals surface area contributed by atoms with Gasteiger partial charge in [-0.1, -0.05) is 41.1 Å². The molecule has 9 heteroatoms. The van der Waals surface area contributed by atoms with Crippen molar-refractivity contribution in [3.8, 4) is 0 Å². The minimum absolute atomic E-state index is 0.102. The summed E-state index contributed by atoms with van der Waals surface area (Å²) in [6, 6.07) is 11.9. The number of carbonyl (C=O) groups excluding carboxylic acids is 1. The van der Waals surface area contributed by atoms with Crippen LogP contribution in [-0.4, -0.2) is 57.1 Å². The Balaban J connectivity index is 1.83. The van der Waals surface area contributed by atoms with Crippen LogP contribution < -0.4 is 4.90 Å². The fourth-order valence-corrected chi connectivity index (χ4v) is 5.95. The normalized spacial score (nSPS) is 11.9. The SMILES string of the molecule is Cc1cc(Cl)cc2sc(N(CCCN(C)C)C(=O)CCS(=O)(=O)c3ccccc3)nc12. The number of hydrogen-bond acceptors (Lipinski definition) is 6. The molecule has 0 spiro atoms. The minimum atomic E-state index is -3.53. The fraction of sp³-hybridized carbons (Fsp3) is 0.364. The number of anilines is 1. The number of fused-ring (bicyclic) bond motifs is 1. The zero-order valence-corrected chi connectivity index (χ0v) is 20.2. The summed E-state index contributed by atoms with van der Waals surface area (Å²) < 4.78 is 26.1. The standard InChI is InChI=1S/C22H26ClN3O3S2/c1-16-14-17(23)15-19-21(16)24-22(30-19)26(12-7-11-25(2)3)20(27)10-13-31(28,29)18-8-5-4-6-9-18/h4-6,8-9,14-15H,7,10-13H2,1-3H3. The van der Waals surface area contributed by atoms with Crippen molar-refractivity contribution in [1.82, 2.24) is 9.88 Å². The third-order valence-corrected chi connectivity index (χ3v) is 7.82. The summed E-state index contributed by atoms with van der Waals surface area (Å²) in [5.41, 5.74) is 1.75.